The molecule has 258 valence electrons. The van der Waals surface area contributed by atoms with E-state index in [1.807, 2.05) is 0 Å². The molecule has 3 heterocycles. The molecule has 2 N–H and O–H groups in total. The van der Waals surface area contributed by atoms with E-state index >= 15 is 0 Å². The number of fused-ring (bicyclic) bond motifs is 1. The summed E-state index contributed by atoms with van der Waals surface area (Å²) >= 11 is 14.1. The molecule has 2 fully saturated rings. The van der Waals surface area contributed by atoms with Gasteiger partial charge in [-0.15, -0.1) is 11.8 Å². The molecule has 1 aliphatic carbocycles. The molecule has 0 radical (unpaired) electrons. The topological polar surface area (TPSA) is 147 Å². The molecule has 48 heavy (non-hydrogen) atoms. The minimum atomic E-state index is -4.17. The highest BCUT2D eigenvalue weighted by molar-refractivity contribution is 8.00. The van der Waals surface area contributed by atoms with Gasteiger partial charge >= 0.3 is 12.6 Å². The number of benzene rings is 2. The third-order valence-corrected chi connectivity index (χ3v) is 11.9. The van der Waals surface area contributed by atoms with Crippen LogP contribution in [0.4, 0.5) is 14.5 Å². The Balaban J connectivity index is 0.00000451. The first-order valence-electron chi connectivity index (χ1n) is 14.7. The van der Waals surface area contributed by atoms with Gasteiger partial charge in [0, 0.05) is 30.5 Å². The summed E-state index contributed by atoms with van der Waals surface area (Å²) in [6.07, 6.45) is 3.94. The number of nitrogens with one attached hydrogen (secondary N) is 1. The van der Waals surface area contributed by atoms with Gasteiger partial charge in [-0.1, -0.05) is 29.3 Å². The van der Waals surface area contributed by atoms with Crippen LogP contribution in [-0.4, -0.2) is 68.0 Å². The Kier molecular flexibility index (Phi) is 11.1. The fourth-order valence-corrected chi connectivity index (χ4v) is 9.13. The molecule has 0 unspecified atom stereocenters. The van der Waals surface area contributed by atoms with E-state index in [-0.39, 0.29) is 62.3 Å². The zero-order valence-corrected chi connectivity index (χ0v) is 28.6. The minimum absolute atomic E-state index is 0. The monoisotopic (exact) mass is 745 g/mol. The second kappa shape index (κ2) is 14.7. The number of pyridine rings is 1. The third-order valence-electron chi connectivity index (χ3n) is 8.22. The lowest BCUT2D eigenvalue weighted by Gasteiger charge is -2.26. The maximum atomic E-state index is 13.9. The van der Waals surface area contributed by atoms with E-state index in [0.29, 0.717) is 34.9 Å². The van der Waals surface area contributed by atoms with Crippen molar-refractivity contribution in [2.24, 2.45) is 5.92 Å². The summed E-state index contributed by atoms with van der Waals surface area (Å²) in [5, 5.41) is 0.533. The molecule has 1 amide bonds. The molecule has 3 aliphatic rings. The van der Waals surface area contributed by atoms with E-state index < -0.39 is 34.7 Å². The number of amides is 1. The van der Waals surface area contributed by atoms with E-state index in [2.05, 4.69) is 9.72 Å². The molecular weight excluding hydrogens is 715 g/mol. The predicted molar refractivity (Wildman–Crippen MR) is 172 cm³/mol. The molecule has 6 rings (SSSR count). The lowest BCUT2D eigenvalue weighted by molar-refractivity contribution is -0.377. The number of thioether (sulfide) groups is 1. The Labute approximate surface area is 289 Å². The fourth-order valence-electron chi connectivity index (χ4n) is 5.42. The molecular formula is C31H31Cl2F2N3O8S2. The van der Waals surface area contributed by atoms with Gasteiger partial charge in [-0.25, -0.2) is 13.4 Å². The first kappa shape index (κ1) is 36.1. The van der Waals surface area contributed by atoms with Crippen LogP contribution in [0.2, 0.25) is 10.0 Å². The van der Waals surface area contributed by atoms with Gasteiger partial charge in [-0.2, -0.15) is 13.1 Å². The van der Waals surface area contributed by atoms with Crippen molar-refractivity contribution in [1.29, 1.82) is 0 Å². The number of alkyl halides is 2. The summed E-state index contributed by atoms with van der Waals surface area (Å²) < 4.78 is 71.7. The highest BCUT2D eigenvalue weighted by atomic mass is 35.5. The zero-order chi connectivity index (χ0) is 33.5. The number of H-pyrrole nitrogens is 1. The SMILES string of the molecule is CN1C(=O)Cc2cc(S(=O)(=O)N3CSC[C@H]3C(=O)O[C@@H](Cc3c(Cl)c[nH+]cc3Cl)c3ccc(OC(F)F)c(OCC4CC4)c3)ccc21.[OH-]. The Morgan fingerprint density at radius 1 is 1.10 bits per heavy atom. The molecule has 17 heteroatoms. The highest BCUT2D eigenvalue weighted by Crippen LogP contribution is 2.39. The standard InChI is InChI=1S/C31H29Cl2F2N3O7S2.H2O/c1-37-24-6-5-20(8-19(24)10-29(37)39)47(41,42)38-16-46-15-25(38)30(40)44-27(11-21-22(32)12-36-13-23(21)33)18-4-7-26(45-31(34)35)28(9-18)43-14-17-2-3-17;/h4-9,12-13,17,25,27,31H,2-3,10-11,14-16H2,1H3;1H2/t25-,27-;/m0./s1. The normalized spacial score (nSPS) is 18.4. The van der Waals surface area contributed by atoms with Crippen LogP contribution in [0.1, 0.15) is 35.6 Å². The van der Waals surface area contributed by atoms with Crippen molar-refractivity contribution in [3.8, 4) is 11.5 Å². The second-order valence-electron chi connectivity index (χ2n) is 11.4. The maximum absolute atomic E-state index is 13.9. The zero-order valence-electron chi connectivity index (χ0n) is 25.4. The van der Waals surface area contributed by atoms with Crippen molar-refractivity contribution in [3.63, 3.8) is 0 Å². The highest BCUT2D eigenvalue weighted by Gasteiger charge is 2.42. The van der Waals surface area contributed by atoms with Gasteiger partial charge < -0.3 is 24.6 Å². The van der Waals surface area contributed by atoms with Crippen LogP contribution in [0.15, 0.2) is 53.7 Å². The van der Waals surface area contributed by atoms with Crippen molar-refractivity contribution >= 4 is 62.6 Å². The van der Waals surface area contributed by atoms with Crippen molar-refractivity contribution < 1.29 is 51.5 Å². The Bertz CT molecular complexity index is 1800. The number of nitrogens with zero attached hydrogens (tertiary/aromatic N) is 2. The number of ether oxygens (including phenoxy) is 3. The predicted octanol–water partition coefficient (Wildman–Crippen LogP) is 5.13. The lowest BCUT2D eigenvalue weighted by Crippen LogP contribution is -2.43. The molecule has 1 saturated heterocycles. The Morgan fingerprint density at radius 3 is 2.52 bits per heavy atom. The van der Waals surface area contributed by atoms with E-state index in [4.69, 9.17) is 32.7 Å². The van der Waals surface area contributed by atoms with Crippen molar-refractivity contribution in [3.05, 3.63) is 75.5 Å². The molecule has 1 aromatic heterocycles. The number of sulfonamides is 1. The van der Waals surface area contributed by atoms with Crippen LogP contribution in [0.3, 0.4) is 0 Å². The van der Waals surface area contributed by atoms with Gasteiger partial charge in [0.2, 0.25) is 15.9 Å². The van der Waals surface area contributed by atoms with Gasteiger partial charge in [0.05, 0.1) is 23.8 Å². The molecule has 0 bridgehead atoms. The summed E-state index contributed by atoms with van der Waals surface area (Å²) in [5.41, 5.74) is 2.03. The van der Waals surface area contributed by atoms with Gasteiger partial charge in [0.25, 0.3) is 0 Å². The second-order valence-corrected chi connectivity index (χ2v) is 15.1. The van der Waals surface area contributed by atoms with Crippen LogP contribution in [0, 0.1) is 5.92 Å². The largest absolute Gasteiger partial charge is 0.870 e. The van der Waals surface area contributed by atoms with Crippen molar-refractivity contribution in [2.75, 3.05) is 30.2 Å². The maximum Gasteiger partial charge on any atom is 0.387 e. The first-order chi connectivity index (χ1) is 22.4. The quantitative estimate of drug-likeness (QED) is 0.230. The molecule has 2 aromatic carbocycles. The average Bonchev–Trinajstić information content (AvgIpc) is 3.63. The van der Waals surface area contributed by atoms with E-state index in [0.717, 1.165) is 17.1 Å². The Hall–Kier alpha value is -3.21. The fraction of sp³-hybridized carbons (Fsp3) is 0.387. The van der Waals surface area contributed by atoms with Crippen LogP contribution in [0.25, 0.3) is 0 Å². The summed E-state index contributed by atoms with van der Waals surface area (Å²) in [6.45, 7) is -2.78. The minimum Gasteiger partial charge on any atom is -0.870 e. The molecule has 2 aliphatic heterocycles. The summed E-state index contributed by atoms with van der Waals surface area (Å²) in [5.74, 6) is -0.636. The molecule has 2 atom stereocenters. The molecule has 1 saturated carbocycles. The lowest BCUT2D eigenvalue weighted by atomic mass is 10.0. The number of carbonyl (C=O) groups excluding carboxylic acids is 2. The van der Waals surface area contributed by atoms with E-state index in [9.17, 15) is 26.8 Å². The third kappa shape index (κ3) is 7.66. The number of likely N-dealkylation sites (N-methyl/N-ethyl adjacent to an activating group) is 1. The summed E-state index contributed by atoms with van der Waals surface area (Å²) in [7, 11) is -2.55. The van der Waals surface area contributed by atoms with Gasteiger partial charge in [-0.3, -0.25) is 9.59 Å². The van der Waals surface area contributed by atoms with Crippen LogP contribution in [-0.2, 0) is 37.2 Å². The number of rotatable bonds is 12. The average molecular weight is 747 g/mol. The van der Waals surface area contributed by atoms with Crippen LogP contribution in [0.5, 0.6) is 11.5 Å². The molecule has 3 aromatic rings. The smallest absolute Gasteiger partial charge is 0.387 e. The van der Waals surface area contributed by atoms with E-state index in [1.54, 1.807) is 13.1 Å². The number of hydrogen-bond acceptors (Lipinski definition) is 9. The van der Waals surface area contributed by atoms with Crippen molar-refractivity contribution in [2.45, 2.75) is 49.3 Å². The molecule has 11 nitrogen and oxygen atoms in total. The number of esters is 1. The first-order valence-corrected chi connectivity index (χ1v) is 18.0. The number of halogens is 4. The Morgan fingerprint density at radius 2 is 1.83 bits per heavy atom. The van der Waals surface area contributed by atoms with Crippen molar-refractivity contribution in [1.82, 2.24) is 4.31 Å². The van der Waals surface area contributed by atoms with Gasteiger partial charge in [0.15, 0.2) is 23.9 Å². The summed E-state index contributed by atoms with van der Waals surface area (Å²) in [4.78, 5) is 30.3. The van der Waals surface area contributed by atoms with E-state index in [1.165, 1.54) is 59.4 Å². The van der Waals surface area contributed by atoms with Gasteiger partial charge in [0.1, 0.15) is 22.2 Å². The summed E-state index contributed by atoms with van der Waals surface area (Å²) in [6, 6.07) is 7.53. The number of aromatic amines is 1. The molecule has 0 spiro atoms. The number of anilines is 1. The number of aromatic nitrogens is 1. The number of carbonyl (C=O) groups is 2. The number of hydrogen-bond donors (Lipinski definition) is 0. The van der Waals surface area contributed by atoms with Gasteiger partial charge in [-0.05, 0) is 60.2 Å². The van der Waals surface area contributed by atoms with Crippen LogP contribution < -0.4 is 19.4 Å². The van der Waals surface area contributed by atoms with Crippen LogP contribution >= 0.6 is 35.0 Å².